The summed E-state index contributed by atoms with van der Waals surface area (Å²) in [4.78, 5) is 20.4. The number of hydrogen-bond donors (Lipinski definition) is 0. The smallest absolute Gasteiger partial charge is 0.338 e. The number of rotatable bonds is 3. The number of carbonyl (C=O) groups is 1. The van der Waals surface area contributed by atoms with Crippen LogP contribution in [0.3, 0.4) is 0 Å². The Bertz CT molecular complexity index is 855. The molecule has 2 aliphatic heterocycles. The van der Waals surface area contributed by atoms with Gasteiger partial charge in [-0.05, 0) is 49.9 Å². The highest BCUT2D eigenvalue weighted by molar-refractivity contribution is 8.14. The van der Waals surface area contributed by atoms with E-state index in [0.717, 1.165) is 15.8 Å². The number of nitrogens with zero attached hydrogens (tertiary/aromatic N) is 2. The molecule has 1 aromatic carbocycles. The summed E-state index contributed by atoms with van der Waals surface area (Å²) in [5.74, 6) is 0.343. The molecule has 2 aromatic rings. The fourth-order valence-corrected chi connectivity index (χ4v) is 4.13. The van der Waals surface area contributed by atoms with Gasteiger partial charge in [0.05, 0.1) is 29.8 Å². The molecule has 0 fully saturated rings. The summed E-state index contributed by atoms with van der Waals surface area (Å²) in [6, 6.07) is 11.4. The van der Waals surface area contributed by atoms with E-state index in [2.05, 4.69) is 16.0 Å². The quantitative estimate of drug-likeness (QED) is 0.786. The summed E-state index contributed by atoms with van der Waals surface area (Å²) >= 11 is 1.60. The average Bonchev–Trinajstić information content (AvgIpc) is 3.21. The fraction of sp³-hybridized carbons (Fsp3) is 0.222. The van der Waals surface area contributed by atoms with Gasteiger partial charge in [-0.3, -0.25) is 0 Å². The summed E-state index contributed by atoms with van der Waals surface area (Å²) in [5, 5.41) is 0.850. The Morgan fingerprint density at radius 2 is 2.17 bits per heavy atom. The molecular weight excluding hydrogens is 324 g/mol. The molecule has 0 bridgehead atoms. The van der Waals surface area contributed by atoms with Crippen molar-refractivity contribution in [1.82, 2.24) is 0 Å². The zero-order valence-electron chi connectivity index (χ0n) is 13.4. The highest BCUT2D eigenvalue weighted by Crippen LogP contribution is 2.49. The van der Waals surface area contributed by atoms with Crippen molar-refractivity contribution in [3.63, 3.8) is 0 Å². The first-order valence-corrected chi connectivity index (χ1v) is 8.58. The Hall–Kier alpha value is -2.47. The van der Waals surface area contributed by atoms with Crippen LogP contribution < -0.4 is 4.90 Å². The maximum absolute atomic E-state index is 12.6. The van der Waals surface area contributed by atoms with Crippen molar-refractivity contribution in [2.24, 2.45) is 4.99 Å². The van der Waals surface area contributed by atoms with Gasteiger partial charge in [-0.15, -0.1) is 0 Å². The first kappa shape index (κ1) is 15.1. The molecule has 3 heterocycles. The number of aliphatic imine (C=N–C) groups is 1. The average molecular weight is 340 g/mol. The number of furan rings is 1. The van der Waals surface area contributed by atoms with Crippen molar-refractivity contribution >= 4 is 28.6 Å². The number of carbonyl (C=O) groups excluding carboxylic acids is 1. The third-order valence-electron chi connectivity index (χ3n) is 4.02. The predicted molar refractivity (Wildman–Crippen MR) is 93.0 cm³/mol. The molecular formula is C18H16N2O3S. The molecule has 0 radical (unpaired) electrons. The summed E-state index contributed by atoms with van der Waals surface area (Å²) in [5.41, 5.74) is 2.21. The molecule has 4 rings (SSSR count). The van der Waals surface area contributed by atoms with Crippen molar-refractivity contribution in [1.29, 1.82) is 0 Å². The van der Waals surface area contributed by atoms with Crippen LogP contribution in [-0.4, -0.2) is 17.7 Å². The molecule has 1 aromatic heterocycles. The number of para-hydroxylation sites is 1. The second kappa shape index (κ2) is 5.87. The third-order valence-corrected chi connectivity index (χ3v) is 5.06. The fourth-order valence-electron chi connectivity index (χ4n) is 3.03. The lowest BCUT2D eigenvalue weighted by Crippen LogP contribution is -2.37. The maximum Gasteiger partial charge on any atom is 0.338 e. The lowest BCUT2D eigenvalue weighted by Gasteiger charge is -2.33. The third kappa shape index (κ3) is 2.26. The largest absolute Gasteiger partial charge is 0.467 e. The molecule has 122 valence electrons. The van der Waals surface area contributed by atoms with Crippen molar-refractivity contribution in [3.05, 3.63) is 59.7 Å². The van der Waals surface area contributed by atoms with Crippen LogP contribution in [0.2, 0.25) is 0 Å². The summed E-state index contributed by atoms with van der Waals surface area (Å²) in [7, 11) is 0. The number of thioether (sulfide) groups is 1. The number of fused-ring (bicyclic) bond motifs is 3. The maximum atomic E-state index is 12.6. The number of esters is 1. The van der Waals surface area contributed by atoms with Gasteiger partial charge in [0, 0.05) is 4.90 Å². The van der Waals surface area contributed by atoms with Crippen molar-refractivity contribution < 1.29 is 13.9 Å². The van der Waals surface area contributed by atoms with Crippen molar-refractivity contribution in [2.75, 3.05) is 11.5 Å². The second-order valence-corrected chi connectivity index (χ2v) is 6.48. The number of benzene rings is 1. The number of hydrogen-bond acceptors (Lipinski definition) is 6. The molecule has 0 N–H and O–H groups in total. The SMILES string of the molecule is CCOC(=O)C1=C(C)N=C2Sc3ccccc3N2C1c1ccco1. The van der Waals surface area contributed by atoms with E-state index in [9.17, 15) is 4.79 Å². The van der Waals surface area contributed by atoms with E-state index in [1.807, 2.05) is 37.3 Å². The number of anilines is 1. The number of amidine groups is 1. The van der Waals surface area contributed by atoms with Crippen LogP contribution in [0.15, 0.2) is 68.2 Å². The summed E-state index contributed by atoms with van der Waals surface area (Å²) < 4.78 is 10.9. The van der Waals surface area contributed by atoms with Gasteiger partial charge >= 0.3 is 5.97 Å². The standard InChI is InChI=1S/C18H16N2O3S/c1-3-22-17(21)15-11(2)19-18-20(16(15)13-8-6-10-23-13)12-7-4-5-9-14(12)24-18/h4-10,16H,3H2,1-2H3. The molecule has 5 nitrogen and oxygen atoms in total. The minimum Gasteiger partial charge on any atom is -0.467 e. The molecule has 1 unspecified atom stereocenters. The first-order chi connectivity index (χ1) is 11.7. The van der Waals surface area contributed by atoms with Gasteiger partial charge in [-0.2, -0.15) is 0 Å². The normalized spacial score (nSPS) is 19.0. The van der Waals surface area contributed by atoms with Crippen LogP contribution >= 0.6 is 11.8 Å². The molecule has 0 amide bonds. The van der Waals surface area contributed by atoms with E-state index in [-0.39, 0.29) is 12.0 Å². The molecule has 6 heteroatoms. The summed E-state index contributed by atoms with van der Waals surface area (Å²) in [6.07, 6.45) is 1.62. The van der Waals surface area contributed by atoms with Crippen LogP contribution in [-0.2, 0) is 9.53 Å². The minimum atomic E-state index is -0.373. The van der Waals surface area contributed by atoms with E-state index in [0.29, 0.717) is 23.6 Å². The zero-order chi connectivity index (χ0) is 16.7. The van der Waals surface area contributed by atoms with Gasteiger partial charge in [0.25, 0.3) is 0 Å². The highest BCUT2D eigenvalue weighted by Gasteiger charge is 2.43. The van der Waals surface area contributed by atoms with E-state index in [4.69, 9.17) is 9.15 Å². The van der Waals surface area contributed by atoms with Crippen LogP contribution in [0.25, 0.3) is 0 Å². The topological polar surface area (TPSA) is 55.0 Å². The lowest BCUT2D eigenvalue weighted by molar-refractivity contribution is -0.139. The second-order valence-electron chi connectivity index (χ2n) is 5.47. The van der Waals surface area contributed by atoms with Gasteiger partial charge in [-0.25, -0.2) is 9.79 Å². The van der Waals surface area contributed by atoms with Gasteiger partial charge < -0.3 is 14.1 Å². The van der Waals surface area contributed by atoms with Gasteiger partial charge in [0.1, 0.15) is 11.8 Å². The zero-order valence-corrected chi connectivity index (χ0v) is 14.2. The van der Waals surface area contributed by atoms with E-state index < -0.39 is 0 Å². The predicted octanol–water partition coefficient (Wildman–Crippen LogP) is 4.14. The van der Waals surface area contributed by atoms with Crippen LogP contribution in [0.5, 0.6) is 0 Å². The van der Waals surface area contributed by atoms with Crippen molar-refractivity contribution in [2.45, 2.75) is 24.8 Å². The lowest BCUT2D eigenvalue weighted by atomic mass is 9.99. The molecule has 0 saturated carbocycles. The molecule has 2 aliphatic rings. The summed E-state index contributed by atoms with van der Waals surface area (Å²) in [6.45, 7) is 3.96. The molecule has 0 spiro atoms. The number of allylic oxidation sites excluding steroid dienone is 1. The molecule has 0 saturated heterocycles. The Balaban J connectivity index is 1.89. The van der Waals surface area contributed by atoms with E-state index in [1.165, 1.54) is 0 Å². The Kier molecular flexibility index (Phi) is 3.69. The molecule has 24 heavy (non-hydrogen) atoms. The molecule has 1 atom stereocenters. The van der Waals surface area contributed by atoms with Crippen LogP contribution in [0.1, 0.15) is 25.6 Å². The molecule has 0 aliphatic carbocycles. The Morgan fingerprint density at radius 3 is 2.92 bits per heavy atom. The Labute approximate surface area is 144 Å². The van der Waals surface area contributed by atoms with Gasteiger partial charge in [-0.1, -0.05) is 12.1 Å². The number of ether oxygens (including phenoxy) is 1. The monoisotopic (exact) mass is 340 g/mol. The first-order valence-electron chi connectivity index (χ1n) is 7.76. The van der Waals surface area contributed by atoms with Gasteiger partial charge in [0.2, 0.25) is 0 Å². The van der Waals surface area contributed by atoms with E-state index >= 15 is 0 Å². The van der Waals surface area contributed by atoms with Crippen LogP contribution in [0.4, 0.5) is 5.69 Å². The minimum absolute atomic E-state index is 0.322. The van der Waals surface area contributed by atoms with Crippen molar-refractivity contribution in [3.8, 4) is 0 Å². The van der Waals surface area contributed by atoms with E-state index in [1.54, 1.807) is 24.9 Å². The van der Waals surface area contributed by atoms with Gasteiger partial charge in [0.15, 0.2) is 5.17 Å². The Morgan fingerprint density at radius 1 is 1.33 bits per heavy atom. The van der Waals surface area contributed by atoms with Crippen LogP contribution in [0, 0.1) is 0 Å². The highest BCUT2D eigenvalue weighted by atomic mass is 32.2.